The van der Waals surface area contributed by atoms with E-state index in [0.717, 1.165) is 55.3 Å². The van der Waals surface area contributed by atoms with Gasteiger partial charge >= 0.3 is 5.97 Å². The van der Waals surface area contributed by atoms with Crippen molar-refractivity contribution >= 4 is 17.5 Å². The highest BCUT2D eigenvalue weighted by molar-refractivity contribution is 5.69. The summed E-state index contributed by atoms with van der Waals surface area (Å²) < 4.78 is 6.41. The summed E-state index contributed by atoms with van der Waals surface area (Å²) in [4.78, 5) is 21.7. The Kier molecular flexibility index (Phi) is 5.45. The smallest absolute Gasteiger partial charge is 0.324 e. The molecule has 158 valence electrons. The van der Waals surface area contributed by atoms with Crippen molar-refractivity contribution in [2.75, 3.05) is 24.5 Å². The van der Waals surface area contributed by atoms with E-state index in [1.807, 2.05) is 6.07 Å². The van der Waals surface area contributed by atoms with Gasteiger partial charge in [0.25, 0.3) is 0 Å². The average molecular weight is 410 g/mol. The highest BCUT2D eigenvalue weighted by atomic mass is 16.5. The van der Waals surface area contributed by atoms with Gasteiger partial charge in [-0.3, -0.25) is 4.79 Å². The van der Waals surface area contributed by atoms with Crippen LogP contribution in [0.2, 0.25) is 0 Å². The van der Waals surface area contributed by atoms with Crippen molar-refractivity contribution < 1.29 is 14.6 Å². The molecule has 0 saturated carbocycles. The zero-order valence-electron chi connectivity index (χ0n) is 16.7. The molecule has 0 atom stereocenters. The molecule has 0 unspecified atom stereocenters. The van der Waals surface area contributed by atoms with E-state index in [9.17, 15) is 4.79 Å². The lowest BCUT2D eigenvalue weighted by molar-refractivity contribution is -0.137. The second kappa shape index (κ2) is 8.19. The van der Waals surface area contributed by atoms with Crippen molar-refractivity contribution in [3.8, 4) is 5.75 Å². The number of nitrogens with zero attached hydrogens (tertiary/aromatic N) is 4. The van der Waals surface area contributed by atoms with E-state index in [-0.39, 0.29) is 17.8 Å². The summed E-state index contributed by atoms with van der Waals surface area (Å²) in [5, 5.41) is 9.75. The second-order valence-electron chi connectivity index (χ2n) is 7.79. The largest absolute Gasteiger partial charge is 0.487 e. The topological polar surface area (TPSA) is 131 Å². The molecule has 1 fully saturated rings. The molecule has 5 N–H and O–H groups in total. The van der Waals surface area contributed by atoms with E-state index in [4.69, 9.17) is 21.4 Å². The maximum atomic E-state index is 10.7. The lowest BCUT2D eigenvalue weighted by Gasteiger charge is -2.44. The molecule has 1 saturated heterocycles. The normalized spacial score (nSPS) is 17.9. The number of piperidine rings is 1. The van der Waals surface area contributed by atoms with Gasteiger partial charge in [-0.05, 0) is 24.5 Å². The number of aromatic nitrogens is 2. The third-order valence-electron chi connectivity index (χ3n) is 5.70. The molecular weight excluding hydrogens is 384 g/mol. The van der Waals surface area contributed by atoms with E-state index in [2.05, 4.69) is 33.1 Å². The number of carboxylic acids is 1. The van der Waals surface area contributed by atoms with Crippen LogP contribution in [0.1, 0.15) is 30.5 Å². The predicted octanol–water partition coefficient (Wildman–Crippen LogP) is 1.36. The van der Waals surface area contributed by atoms with Crippen LogP contribution in [0.15, 0.2) is 42.9 Å². The molecule has 0 aliphatic carbocycles. The van der Waals surface area contributed by atoms with Crippen molar-refractivity contribution in [2.45, 2.75) is 31.3 Å². The van der Waals surface area contributed by atoms with Crippen LogP contribution in [0.3, 0.4) is 0 Å². The maximum Gasteiger partial charge on any atom is 0.324 e. The molecule has 0 radical (unpaired) electrons. The minimum atomic E-state index is -1.05. The van der Waals surface area contributed by atoms with Crippen LogP contribution in [0.4, 0.5) is 5.82 Å². The number of fused-ring (bicyclic) bond motifs is 1. The fourth-order valence-electron chi connectivity index (χ4n) is 4.03. The number of hydrogen-bond acceptors (Lipinski definition) is 8. The number of benzene rings is 1. The molecule has 4 rings (SSSR count). The van der Waals surface area contributed by atoms with Crippen LogP contribution >= 0.6 is 0 Å². The van der Waals surface area contributed by atoms with E-state index in [0.29, 0.717) is 5.69 Å². The number of aliphatic carboxylic acids is 1. The summed E-state index contributed by atoms with van der Waals surface area (Å²) in [6, 6.07) is 8.28. The number of ether oxygens (including phenoxy) is 1. The van der Waals surface area contributed by atoms with Gasteiger partial charge in [-0.15, -0.1) is 0 Å². The van der Waals surface area contributed by atoms with Gasteiger partial charge < -0.3 is 25.5 Å². The van der Waals surface area contributed by atoms with E-state index in [1.165, 1.54) is 11.8 Å². The summed E-state index contributed by atoms with van der Waals surface area (Å²) >= 11 is 0. The van der Waals surface area contributed by atoms with Crippen LogP contribution in [0, 0.1) is 0 Å². The van der Waals surface area contributed by atoms with Gasteiger partial charge in [-0.25, -0.2) is 15.8 Å². The molecule has 2 aliphatic heterocycles. The molecular formula is C21H26N6O3. The minimum Gasteiger partial charge on any atom is -0.487 e. The Morgan fingerprint density at radius 2 is 2.00 bits per heavy atom. The predicted molar refractivity (Wildman–Crippen MR) is 112 cm³/mol. The quantitative estimate of drug-likeness (QED) is 0.494. The zero-order chi connectivity index (χ0) is 21.1. The number of carbonyl (C=O) groups is 1. The van der Waals surface area contributed by atoms with Crippen molar-refractivity contribution in [3.05, 3.63) is 54.1 Å². The summed E-state index contributed by atoms with van der Waals surface area (Å²) in [6.45, 7) is 1.34. The molecule has 2 aliphatic rings. The Morgan fingerprint density at radius 1 is 1.23 bits per heavy atom. The number of rotatable bonds is 5. The zero-order valence-corrected chi connectivity index (χ0v) is 16.7. The Bertz CT molecular complexity index is 938. The van der Waals surface area contributed by atoms with Gasteiger partial charge in [0.15, 0.2) is 0 Å². The number of hydrogen-bond donors (Lipinski definition) is 3. The third kappa shape index (κ3) is 4.30. The van der Waals surface area contributed by atoms with Crippen LogP contribution in [0.25, 0.3) is 5.70 Å². The molecule has 0 bridgehead atoms. The van der Waals surface area contributed by atoms with Gasteiger partial charge in [0.2, 0.25) is 0 Å². The third-order valence-corrected chi connectivity index (χ3v) is 5.70. The first-order valence-corrected chi connectivity index (χ1v) is 9.99. The molecule has 1 aromatic heterocycles. The van der Waals surface area contributed by atoms with E-state index >= 15 is 0 Å². The average Bonchev–Trinajstić information content (AvgIpc) is 2.74. The Balaban J connectivity index is 1.37. The molecule has 9 nitrogen and oxygen atoms in total. The molecule has 9 heteroatoms. The second-order valence-corrected chi connectivity index (χ2v) is 7.79. The van der Waals surface area contributed by atoms with Gasteiger partial charge in [0.1, 0.15) is 29.4 Å². The minimum absolute atomic E-state index is 0.0971. The Morgan fingerprint density at radius 3 is 2.70 bits per heavy atom. The van der Waals surface area contributed by atoms with Crippen molar-refractivity contribution in [3.63, 3.8) is 0 Å². The fraction of sp³-hybridized carbons (Fsp3) is 0.381. The van der Waals surface area contributed by atoms with Crippen molar-refractivity contribution in [1.82, 2.24) is 15.0 Å². The van der Waals surface area contributed by atoms with Crippen LogP contribution in [0.5, 0.6) is 5.75 Å². The van der Waals surface area contributed by atoms with Gasteiger partial charge in [-0.2, -0.15) is 0 Å². The van der Waals surface area contributed by atoms with Gasteiger partial charge in [0, 0.05) is 32.1 Å². The Labute approximate surface area is 174 Å². The maximum absolute atomic E-state index is 10.7. The monoisotopic (exact) mass is 410 g/mol. The van der Waals surface area contributed by atoms with Crippen LogP contribution in [-0.4, -0.2) is 51.3 Å². The lowest BCUT2D eigenvalue weighted by atomic mass is 9.83. The van der Waals surface area contributed by atoms with Crippen molar-refractivity contribution in [1.29, 1.82) is 0 Å². The van der Waals surface area contributed by atoms with E-state index < -0.39 is 5.97 Å². The lowest BCUT2D eigenvalue weighted by Crippen LogP contribution is -2.50. The molecule has 1 spiro atoms. The van der Waals surface area contributed by atoms with Gasteiger partial charge in [-0.1, -0.05) is 18.2 Å². The summed E-state index contributed by atoms with van der Waals surface area (Å²) in [5.41, 5.74) is 7.84. The Hall–Kier alpha value is -3.33. The van der Waals surface area contributed by atoms with E-state index in [1.54, 1.807) is 12.4 Å². The molecule has 2 aromatic rings. The van der Waals surface area contributed by atoms with Crippen molar-refractivity contribution in [2.24, 2.45) is 11.6 Å². The first kappa shape index (κ1) is 20.0. The first-order valence-electron chi connectivity index (χ1n) is 9.99. The summed E-state index contributed by atoms with van der Waals surface area (Å²) in [7, 11) is 0. The summed E-state index contributed by atoms with van der Waals surface area (Å²) in [5.74, 6) is 6.34. The number of aryl methyl sites for hydroxylation is 1. The number of hydrazine groups is 1. The SMILES string of the molecule is N/C(=C\N(N)CC(=O)O)c1cnc(N2CCC3(CCc4ccccc4O3)CC2)cn1. The standard InChI is InChI=1S/C21H26N6O3/c22-16(13-27(23)14-20(28)29)17-11-25-19(12-24-17)26-9-7-21(8-10-26)6-5-15-3-1-2-4-18(15)30-21/h1-4,11-13H,5-10,14,22-23H2,(H,28,29)/b16-13-. The molecule has 1 aromatic carbocycles. The number of carboxylic acid groups (broad SMARTS) is 1. The van der Waals surface area contributed by atoms with Crippen LogP contribution < -0.4 is 21.2 Å². The molecule has 3 heterocycles. The fourth-order valence-corrected chi connectivity index (χ4v) is 4.03. The number of nitrogens with two attached hydrogens (primary N) is 2. The van der Waals surface area contributed by atoms with Crippen LogP contribution in [-0.2, 0) is 11.2 Å². The molecule has 30 heavy (non-hydrogen) atoms. The summed E-state index contributed by atoms with van der Waals surface area (Å²) in [6.07, 6.45) is 8.55. The number of anilines is 1. The molecule has 0 amide bonds. The highest BCUT2D eigenvalue weighted by Crippen LogP contribution is 2.39. The first-order chi connectivity index (χ1) is 14.4. The van der Waals surface area contributed by atoms with Gasteiger partial charge in [0.05, 0.1) is 18.1 Å². The number of para-hydroxylation sites is 1. The highest BCUT2D eigenvalue weighted by Gasteiger charge is 2.39.